The van der Waals surface area contributed by atoms with E-state index in [1.165, 1.54) is 6.07 Å². The van der Waals surface area contributed by atoms with Gasteiger partial charge in [0.15, 0.2) is 11.6 Å². The molecule has 2 aromatic rings. The lowest BCUT2D eigenvalue weighted by Gasteiger charge is -2.12. The molecule has 0 aliphatic rings. The molecule has 0 radical (unpaired) electrons. The molecule has 2 aromatic carbocycles. The summed E-state index contributed by atoms with van der Waals surface area (Å²) in [5.74, 6) is -2.15. The van der Waals surface area contributed by atoms with Gasteiger partial charge in [-0.3, -0.25) is 4.79 Å². The average molecular weight is 318 g/mol. The summed E-state index contributed by atoms with van der Waals surface area (Å²) in [5, 5.41) is 11.0. The highest BCUT2D eigenvalue weighted by molar-refractivity contribution is 8.00. The quantitative estimate of drug-likeness (QED) is 0.868. The van der Waals surface area contributed by atoms with E-state index in [1.54, 1.807) is 31.2 Å². The molecule has 2 rings (SSSR count). The Labute approximate surface area is 131 Å². The van der Waals surface area contributed by atoms with E-state index < -0.39 is 16.9 Å². The molecule has 0 fully saturated rings. The largest absolute Gasteiger partial charge is 0.325 e. The molecule has 1 atom stereocenters. The van der Waals surface area contributed by atoms with Crippen LogP contribution in [0.15, 0.2) is 47.4 Å². The number of amides is 1. The lowest BCUT2D eigenvalue weighted by molar-refractivity contribution is -0.115. The number of thioether (sulfide) groups is 1. The van der Waals surface area contributed by atoms with Gasteiger partial charge in [-0.25, -0.2) is 8.78 Å². The first-order valence-corrected chi connectivity index (χ1v) is 7.30. The minimum Gasteiger partial charge on any atom is -0.325 e. The molecule has 22 heavy (non-hydrogen) atoms. The van der Waals surface area contributed by atoms with Gasteiger partial charge in [0.05, 0.1) is 16.9 Å². The third-order valence-corrected chi connectivity index (χ3v) is 3.93. The Morgan fingerprint density at radius 2 is 2.00 bits per heavy atom. The van der Waals surface area contributed by atoms with Crippen LogP contribution < -0.4 is 5.32 Å². The van der Waals surface area contributed by atoms with E-state index in [9.17, 15) is 13.6 Å². The lowest BCUT2D eigenvalue weighted by Crippen LogP contribution is -2.22. The molecule has 0 aliphatic carbocycles. The number of nitrogens with one attached hydrogen (secondary N) is 1. The van der Waals surface area contributed by atoms with Gasteiger partial charge in [-0.15, -0.1) is 11.8 Å². The molecular weight excluding hydrogens is 306 g/mol. The van der Waals surface area contributed by atoms with Crippen LogP contribution in [-0.2, 0) is 4.79 Å². The minimum atomic E-state index is -0.945. The van der Waals surface area contributed by atoms with Crippen molar-refractivity contribution in [3.8, 4) is 6.07 Å². The molecule has 112 valence electrons. The van der Waals surface area contributed by atoms with Gasteiger partial charge in [0.2, 0.25) is 5.91 Å². The Balaban J connectivity index is 2.02. The molecule has 1 amide bonds. The summed E-state index contributed by atoms with van der Waals surface area (Å²) < 4.78 is 26.0. The molecule has 0 aromatic heterocycles. The number of anilines is 1. The predicted octanol–water partition coefficient (Wildman–Crippen LogP) is 3.96. The van der Waals surface area contributed by atoms with E-state index in [0.717, 1.165) is 23.9 Å². The Kier molecular flexibility index (Phi) is 5.12. The average Bonchev–Trinajstić information content (AvgIpc) is 2.51. The van der Waals surface area contributed by atoms with Crippen molar-refractivity contribution in [2.24, 2.45) is 0 Å². The smallest absolute Gasteiger partial charge is 0.237 e. The zero-order chi connectivity index (χ0) is 16.1. The van der Waals surface area contributed by atoms with E-state index >= 15 is 0 Å². The van der Waals surface area contributed by atoms with Gasteiger partial charge in [-0.2, -0.15) is 5.26 Å². The van der Waals surface area contributed by atoms with Crippen molar-refractivity contribution in [2.75, 3.05) is 5.32 Å². The second kappa shape index (κ2) is 7.05. The third-order valence-electron chi connectivity index (χ3n) is 2.83. The van der Waals surface area contributed by atoms with E-state index in [-0.39, 0.29) is 5.91 Å². The van der Waals surface area contributed by atoms with E-state index in [0.29, 0.717) is 16.1 Å². The molecule has 0 spiro atoms. The van der Waals surface area contributed by atoms with Crippen molar-refractivity contribution in [3.05, 3.63) is 59.7 Å². The second-order valence-electron chi connectivity index (χ2n) is 4.52. The summed E-state index contributed by atoms with van der Waals surface area (Å²) in [6, 6.07) is 12.0. The molecule has 0 saturated heterocycles. The minimum absolute atomic E-state index is 0.287. The maximum Gasteiger partial charge on any atom is 0.237 e. The molecule has 3 nitrogen and oxygen atoms in total. The number of hydrogen-bond acceptors (Lipinski definition) is 3. The van der Waals surface area contributed by atoms with Crippen LogP contribution in [0.3, 0.4) is 0 Å². The fourth-order valence-electron chi connectivity index (χ4n) is 1.72. The van der Waals surface area contributed by atoms with E-state index in [2.05, 4.69) is 5.32 Å². The van der Waals surface area contributed by atoms with Crippen molar-refractivity contribution < 1.29 is 13.6 Å². The lowest BCUT2D eigenvalue weighted by atomic mass is 10.2. The maximum absolute atomic E-state index is 13.1. The normalized spacial score (nSPS) is 11.5. The Bertz CT molecular complexity index is 743. The Hall–Kier alpha value is -2.39. The van der Waals surface area contributed by atoms with Crippen LogP contribution in [0.2, 0.25) is 0 Å². The van der Waals surface area contributed by atoms with Crippen molar-refractivity contribution in [3.63, 3.8) is 0 Å². The van der Waals surface area contributed by atoms with Gasteiger partial charge in [0, 0.05) is 10.6 Å². The number of carbonyl (C=O) groups is 1. The number of nitrogens with zero attached hydrogens (tertiary/aromatic N) is 1. The summed E-state index contributed by atoms with van der Waals surface area (Å²) in [5.41, 5.74) is 0.959. The molecule has 0 saturated carbocycles. The van der Waals surface area contributed by atoms with Gasteiger partial charge in [0.25, 0.3) is 0 Å². The molecule has 0 bridgehead atoms. The summed E-state index contributed by atoms with van der Waals surface area (Å²) in [4.78, 5) is 12.6. The standard InChI is InChI=1S/C16H12F2N2OS/c1-10(22-13-5-6-14(17)15(18)8-13)16(21)20-12-4-2-3-11(7-12)9-19/h2-8,10H,1H3,(H,20,21)/t10-/m0/s1. The molecule has 0 aliphatic heterocycles. The number of rotatable bonds is 4. The first-order chi connectivity index (χ1) is 10.5. The first kappa shape index (κ1) is 16.0. The fraction of sp³-hybridized carbons (Fsp3) is 0.125. The van der Waals surface area contributed by atoms with Gasteiger partial charge < -0.3 is 5.32 Å². The van der Waals surface area contributed by atoms with Gasteiger partial charge >= 0.3 is 0 Å². The van der Waals surface area contributed by atoms with E-state index in [1.807, 2.05) is 6.07 Å². The van der Waals surface area contributed by atoms with Crippen molar-refractivity contribution >= 4 is 23.4 Å². The van der Waals surface area contributed by atoms with Crippen LogP contribution in [0, 0.1) is 23.0 Å². The molecular formula is C16H12F2N2OS. The fourth-order valence-corrected chi connectivity index (χ4v) is 2.61. The topological polar surface area (TPSA) is 52.9 Å². The third kappa shape index (κ3) is 4.06. The highest BCUT2D eigenvalue weighted by atomic mass is 32.2. The van der Waals surface area contributed by atoms with Crippen molar-refractivity contribution in [1.29, 1.82) is 5.26 Å². The molecule has 0 heterocycles. The van der Waals surface area contributed by atoms with Gasteiger partial charge in [-0.05, 0) is 43.3 Å². The van der Waals surface area contributed by atoms with Crippen molar-refractivity contribution in [2.45, 2.75) is 17.1 Å². The summed E-state index contributed by atoms with van der Waals surface area (Å²) in [7, 11) is 0. The Morgan fingerprint density at radius 3 is 2.68 bits per heavy atom. The summed E-state index contributed by atoms with van der Waals surface area (Å²) in [6.07, 6.45) is 0. The van der Waals surface area contributed by atoms with Crippen LogP contribution in [0.5, 0.6) is 0 Å². The monoisotopic (exact) mass is 318 g/mol. The molecule has 6 heteroatoms. The second-order valence-corrected chi connectivity index (χ2v) is 5.93. The predicted molar refractivity (Wildman–Crippen MR) is 81.5 cm³/mol. The highest BCUT2D eigenvalue weighted by Gasteiger charge is 2.15. The maximum atomic E-state index is 13.1. The summed E-state index contributed by atoms with van der Waals surface area (Å²) in [6.45, 7) is 1.66. The zero-order valence-corrected chi connectivity index (χ0v) is 12.5. The van der Waals surface area contributed by atoms with Crippen LogP contribution >= 0.6 is 11.8 Å². The first-order valence-electron chi connectivity index (χ1n) is 6.42. The number of carbonyl (C=O) groups excluding carboxylic acids is 1. The van der Waals surface area contributed by atoms with Crippen molar-refractivity contribution in [1.82, 2.24) is 0 Å². The molecule has 0 unspecified atom stereocenters. The van der Waals surface area contributed by atoms with Gasteiger partial charge in [0.1, 0.15) is 0 Å². The van der Waals surface area contributed by atoms with Gasteiger partial charge in [-0.1, -0.05) is 6.07 Å². The number of hydrogen-bond donors (Lipinski definition) is 1. The van der Waals surface area contributed by atoms with E-state index in [4.69, 9.17) is 5.26 Å². The number of benzene rings is 2. The number of nitriles is 1. The van der Waals surface area contributed by atoms with Crippen LogP contribution in [0.4, 0.5) is 14.5 Å². The summed E-state index contributed by atoms with van der Waals surface area (Å²) >= 11 is 1.12. The number of halogens is 2. The highest BCUT2D eigenvalue weighted by Crippen LogP contribution is 2.25. The SMILES string of the molecule is C[C@H](Sc1ccc(F)c(F)c1)C(=O)Nc1cccc(C#N)c1. The molecule has 1 N–H and O–H groups in total. The van der Waals surface area contributed by atoms with Crippen LogP contribution in [-0.4, -0.2) is 11.2 Å². The van der Waals surface area contributed by atoms with Crippen LogP contribution in [0.25, 0.3) is 0 Å². The van der Waals surface area contributed by atoms with Crippen LogP contribution in [0.1, 0.15) is 12.5 Å². The Morgan fingerprint density at radius 1 is 1.23 bits per heavy atom. The zero-order valence-electron chi connectivity index (χ0n) is 11.6.